The van der Waals surface area contributed by atoms with Gasteiger partial charge in [-0.1, -0.05) is 12.7 Å². The van der Waals surface area contributed by atoms with Crippen LogP contribution in [0.3, 0.4) is 0 Å². The number of fused-ring (bicyclic) bond motifs is 3. The number of epoxide rings is 1. The van der Waals surface area contributed by atoms with Crippen LogP contribution in [0.25, 0.3) is 0 Å². The number of amides is 1. The van der Waals surface area contributed by atoms with Crippen LogP contribution in [0.2, 0.25) is 0 Å². The minimum absolute atomic E-state index is 0.0499. The molecule has 0 aromatic carbocycles. The highest BCUT2D eigenvalue weighted by atomic mass is 16.6. The number of rotatable bonds is 4. The molecule has 4 rings (SSSR count). The summed E-state index contributed by atoms with van der Waals surface area (Å²) in [6, 6.07) is 1.89. The highest BCUT2D eigenvalue weighted by Crippen LogP contribution is 2.49. The largest absolute Gasteiger partial charge is 0.455 e. The first-order valence-corrected chi connectivity index (χ1v) is 9.74. The van der Waals surface area contributed by atoms with Gasteiger partial charge in [-0.15, -0.1) is 0 Å². The number of hydrogen-bond acceptors (Lipinski definition) is 5. The van der Waals surface area contributed by atoms with E-state index >= 15 is 0 Å². The van der Waals surface area contributed by atoms with Crippen molar-refractivity contribution in [3.8, 4) is 0 Å². The van der Waals surface area contributed by atoms with E-state index in [0.29, 0.717) is 12.1 Å². The molecule has 0 bridgehead atoms. The smallest absolute Gasteiger partial charge is 0.407 e. The van der Waals surface area contributed by atoms with Crippen molar-refractivity contribution in [3.05, 3.63) is 47.8 Å². The monoisotopic (exact) mass is 386 g/mol. The summed E-state index contributed by atoms with van der Waals surface area (Å²) in [5.74, 6) is -0.374. The first kappa shape index (κ1) is 18.8. The van der Waals surface area contributed by atoms with Gasteiger partial charge in [-0.2, -0.15) is 0 Å². The average molecular weight is 386 g/mol. The Morgan fingerprint density at radius 1 is 1.50 bits per heavy atom. The zero-order valence-electron chi connectivity index (χ0n) is 16.0. The summed E-state index contributed by atoms with van der Waals surface area (Å²) in [4.78, 5) is 26.9. The first-order valence-electron chi connectivity index (χ1n) is 9.74. The van der Waals surface area contributed by atoms with E-state index in [1.807, 2.05) is 12.3 Å². The van der Waals surface area contributed by atoms with E-state index in [-0.39, 0.29) is 36.3 Å². The van der Waals surface area contributed by atoms with Gasteiger partial charge in [-0.3, -0.25) is 0 Å². The van der Waals surface area contributed by atoms with E-state index in [0.717, 1.165) is 36.8 Å². The summed E-state index contributed by atoms with van der Waals surface area (Å²) >= 11 is 0. The second-order valence-electron chi connectivity index (χ2n) is 7.94. The normalized spacial score (nSPS) is 33.8. The molecule has 3 heterocycles. The number of carbonyl (C=O) groups is 2. The Labute approximate surface area is 164 Å². The maximum atomic E-state index is 12.0. The highest BCUT2D eigenvalue weighted by Gasteiger charge is 2.61. The fourth-order valence-electron chi connectivity index (χ4n) is 4.10. The molecule has 1 aliphatic carbocycles. The molecule has 2 aliphatic heterocycles. The lowest BCUT2D eigenvalue weighted by atomic mass is 9.84. The Kier molecular flexibility index (Phi) is 5.02. The molecular formula is C21H26N2O5. The Morgan fingerprint density at radius 2 is 2.36 bits per heavy atom. The number of aromatic nitrogens is 1. The molecule has 150 valence electrons. The maximum absolute atomic E-state index is 12.0. The predicted molar refractivity (Wildman–Crippen MR) is 101 cm³/mol. The van der Waals surface area contributed by atoms with Gasteiger partial charge < -0.3 is 24.5 Å². The number of carbonyl (C=O) groups excluding carboxylic acids is 2. The second-order valence-corrected chi connectivity index (χ2v) is 7.94. The zero-order valence-corrected chi connectivity index (χ0v) is 16.0. The van der Waals surface area contributed by atoms with Gasteiger partial charge in [0, 0.05) is 30.4 Å². The van der Waals surface area contributed by atoms with Crippen LogP contribution >= 0.6 is 0 Å². The molecule has 1 amide bonds. The van der Waals surface area contributed by atoms with Crippen LogP contribution in [0.5, 0.6) is 0 Å². The molecule has 0 radical (unpaired) electrons. The van der Waals surface area contributed by atoms with Crippen LogP contribution in [0.1, 0.15) is 38.2 Å². The number of ether oxygens (including phenoxy) is 3. The molecule has 1 aromatic rings. The quantitative estimate of drug-likeness (QED) is 0.359. The molecule has 4 atom stereocenters. The summed E-state index contributed by atoms with van der Waals surface area (Å²) in [6.07, 6.45) is 8.14. The first-order chi connectivity index (χ1) is 13.5. The second kappa shape index (κ2) is 7.47. The van der Waals surface area contributed by atoms with Gasteiger partial charge in [0.2, 0.25) is 0 Å². The highest BCUT2D eigenvalue weighted by molar-refractivity contribution is 5.91. The lowest BCUT2D eigenvalue weighted by Gasteiger charge is -2.20. The topological polar surface area (TPSA) is 92.9 Å². The summed E-state index contributed by atoms with van der Waals surface area (Å²) in [6.45, 7) is 6.63. The van der Waals surface area contributed by atoms with Gasteiger partial charge in [0.1, 0.15) is 18.8 Å². The van der Waals surface area contributed by atoms with Crippen LogP contribution in [0.4, 0.5) is 4.79 Å². The molecule has 7 heteroatoms. The molecule has 1 aromatic heterocycles. The van der Waals surface area contributed by atoms with E-state index < -0.39 is 6.09 Å². The van der Waals surface area contributed by atoms with Crippen LogP contribution in [-0.2, 0) is 25.5 Å². The lowest BCUT2D eigenvalue weighted by molar-refractivity contribution is -0.140. The SMILES string of the molecule is C=C1C(=O)O[C@H]2[C@H]1CC/C(COC(=O)NCc1cc[nH]c1)=C\CC[C@@]1(C)O[C@@H]21. The van der Waals surface area contributed by atoms with Gasteiger partial charge in [0.05, 0.1) is 5.60 Å². The van der Waals surface area contributed by atoms with Gasteiger partial charge >= 0.3 is 12.1 Å². The molecule has 3 aliphatic rings. The number of alkyl carbamates (subject to hydrolysis) is 1. The van der Waals surface area contributed by atoms with E-state index in [4.69, 9.17) is 14.2 Å². The van der Waals surface area contributed by atoms with Crippen molar-refractivity contribution >= 4 is 12.1 Å². The van der Waals surface area contributed by atoms with Gasteiger partial charge in [-0.05, 0) is 49.8 Å². The van der Waals surface area contributed by atoms with E-state index in [1.54, 1.807) is 6.20 Å². The van der Waals surface area contributed by atoms with Crippen LogP contribution in [0, 0.1) is 5.92 Å². The van der Waals surface area contributed by atoms with Crippen molar-refractivity contribution in [1.82, 2.24) is 10.3 Å². The van der Waals surface area contributed by atoms with Crippen LogP contribution in [0.15, 0.2) is 42.3 Å². The zero-order chi connectivity index (χ0) is 19.7. The number of nitrogens with one attached hydrogen (secondary N) is 2. The van der Waals surface area contributed by atoms with Crippen molar-refractivity contribution in [1.29, 1.82) is 0 Å². The molecule has 2 N–H and O–H groups in total. The lowest BCUT2D eigenvalue weighted by Crippen LogP contribution is -2.29. The Morgan fingerprint density at radius 3 is 3.14 bits per heavy atom. The van der Waals surface area contributed by atoms with Crippen molar-refractivity contribution < 1.29 is 23.8 Å². The Balaban J connectivity index is 1.35. The molecule has 0 saturated carbocycles. The summed E-state index contributed by atoms with van der Waals surface area (Å²) in [5.41, 5.74) is 2.29. The summed E-state index contributed by atoms with van der Waals surface area (Å²) in [7, 11) is 0. The molecule has 2 fully saturated rings. The third kappa shape index (κ3) is 3.85. The molecule has 0 spiro atoms. The standard InChI is InChI=1S/C21H26N2O5/c1-13-16-6-5-14(12-26-20(25)23-11-15-7-9-22-10-15)4-3-8-21(2)18(28-21)17(16)27-19(13)24/h4,7,9-10,16-18,22H,1,3,5-6,8,11-12H2,2H3,(H,23,25)/b14-4+/t16-,17-,18-,21+/m0/s1. The summed E-state index contributed by atoms with van der Waals surface area (Å²) in [5, 5.41) is 2.74. The van der Waals surface area contributed by atoms with Gasteiger partial charge in [0.25, 0.3) is 0 Å². The van der Waals surface area contributed by atoms with E-state index in [9.17, 15) is 9.59 Å². The third-order valence-electron chi connectivity index (χ3n) is 5.93. The molecular weight excluding hydrogens is 360 g/mol. The number of allylic oxidation sites excluding steroid dienone is 1. The van der Waals surface area contributed by atoms with Crippen LogP contribution in [-0.4, -0.2) is 41.5 Å². The van der Waals surface area contributed by atoms with Gasteiger partial charge in [0.15, 0.2) is 0 Å². The molecule has 28 heavy (non-hydrogen) atoms. The Bertz CT molecular complexity index is 800. The third-order valence-corrected chi connectivity index (χ3v) is 5.93. The summed E-state index contributed by atoms with van der Waals surface area (Å²) < 4.78 is 16.8. The number of esters is 1. The van der Waals surface area contributed by atoms with E-state index in [1.165, 1.54) is 0 Å². The van der Waals surface area contributed by atoms with Crippen LogP contribution < -0.4 is 5.32 Å². The molecule has 2 saturated heterocycles. The van der Waals surface area contributed by atoms with Crippen molar-refractivity contribution in [2.75, 3.05) is 6.61 Å². The van der Waals surface area contributed by atoms with E-state index in [2.05, 4.69) is 29.9 Å². The fourth-order valence-corrected chi connectivity index (χ4v) is 4.10. The number of H-pyrrole nitrogens is 1. The minimum atomic E-state index is -0.446. The molecule has 0 unspecified atom stereocenters. The van der Waals surface area contributed by atoms with Crippen molar-refractivity contribution in [3.63, 3.8) is 0 Å². The average Bonchev–Trinajstić information content (AvgIpc) is 2.99. The maximum Gasteiger partial charge on any atom is 0.407 e. The fraction of sp³-hybridized carbons (Fsp3) is 0.524. The molecule has 7 nitrogen and oxygen atoms in total. The van der Waals surface area contributed by atoms with Crippen molar-refractivity contribution in [2.45, 2.75) is 57.0 Å². The minimum Gasteiger partial charge on any atom is -0.455 e. The predicted octanol–water partition coefficient (Wildman–Crippen LogP) is 3.00. The van der Waals surface area contributed by atoms with Crippen molar-refractivity contribution in [2.24, 2.45) is 5.92 Å². The number of hydrogen-bond donors (Lipinski definition) is 2. The number of aromatic amines is 1. The van der Waals surface area contributed by atoms with Gasteiger partial charge in [-0.25, -0.2) is 9.59 Å². The Hall–Kier alpha value is -2.54.